The molecule has 1 aromatic rings. The molecule has 7 aliphatic rings. The summed E-state index contributed by atoms with van der Waals surface area (Å²) in [6, 6.07) is 0. The van der Waals surface area contributed by atoms with E-state index in [9.17, 15) is 24.6 Å². The lowest BCUT2D eigenvalue weighted by atomic mass is 9.51. The molecule has 2 saturated carbocycles. The van der Waals surface area contributed by atoms with E-state index >= 15 is 0 Å². The van der Waals surface area contributed by atoms with Gasteiger partial charge >= 0.3 is 0 Å². The molecule has 0 amide bonds. The number of phenols is 1. The Bertz CT molecular complexity index is 1740. The summed E-state index contributed by atoms with van der Waals surface area (Å²) in [5.74, 6) is -1.62. The van der Waals surface area contributed by atoms with Crippen LogP contribution < -0.4 is 9.47 Å². The minimum Gasteiger partial charge on any atom is -0.507 e. The lowest BCUT2D eigenvalue weighted by molar-refractivity contribution is -0.171. The molecule has 0 aromatic heterocycles. The SMILES string of the molecule is C=C(C)C1CC[C@@]2(C)Oc3c(CC=C(C)C)c4c(c(O)c3[C@@H]1[C@@H]2O)C(=O)C1=C[C@@H]2CC3C(C)(C)O[C@](C/C=C(/C)OC=O)(C2=O)[C@@]13O4. The number of Topliss-reactive ketones (excluding diaryl/α,β-unsaturated/α-hetero) is 2. The van der Waals surface area contributed by atoms with Crippen molar-refractivity contribution in [2.75, 3.05) is 0 Å². The first-order valence-electron chi connectivity index (χ1n) is 16.6. The van der Waals surface area contributed by atoms with Gasteiger partial charge < -0.3 is 29.2 Å². The fraction of sp³-hybridized carbons (Fsp3) is 0.553. The average molecular weight is 645 g/mol. The minimum atomic E-state index is -1.58. The summed E-state index contributed by atoms with van der Waals surface area (Å²) in [4.78, 5) is 40.5. The molecular weight excluding hydrogens is 600 g/mol. The summed E-state index contributed by atoms with van der Waals surface area (Å²) < 4.78 is 25.8. The highest BCUT2D eigenvalue weighted by atomic mass is 16.6. The zero-order valence-electron chi connectivity index (χ0n) is 28.2. The van der Waals surface area contributed by atoms with Gasteiger partial charge in [-0.1, -0.05) is 29.9 Å². The molecule has 1 aromatic carbocycles. The third-order valence-electron chi connectivity index (χ3n) is 11.9. The van der Waals surface area contributed by atoms with E-state index in [1.165, 1.54) is 0 Å². The zero-order valence-corrected chi connectivity index (χ0v) is 28.2. The Morgan fingerprint density at radius 2 is 1.83 bits per heavy atom. The number of carbonyl (C=O) groups excluding carboxylic acids is 3. The molecular formula is C38H44O9. The van der Waals surface area contributed by atoms with Crippen LogP contribution in [-0.2, 0) is 25.5 Å². The number of rotatable bonds is 7. The highest BCUT2D eigenvalue weighted by Crippen LogP contribution is 2.69. The van der Waals surface area contributed by atoms with Gasteiger partial charge in [0.05, 0.1) is 5.60 Å². The molecule has 8 rings (SSSR count). The van der Waals surface area contributed by atoms with Gasteiger partial charge in [-0.05, 0) is 86.1 Å². The van der Waals surface area contributed by atoms with Gasteiger partial charge in [-0.2, -0.15) is 0 Å². The summed E-state index contributed by atoms with van der Waals surface area (Å²) >= 11 is 0. The maximum atomic E-state index is 15.0. The number of hydrogen-bond donors (Lipinski definition) is 2. The number of fused-ring (bicyclic) bond motifs is 5. The third-order valence-corrected chi connectivity index (χ3v) is 11.9. The molecule has 3 fully saturated rings. The first-order valence-corrected chi connectivity index (χ1v) is 16.6. The number of hydrogen-bond acceptors (Lipinski definition) is 9. The number of aliphatic hydroxyl groups is 1. The van der Waals surface area contributed by atoms with Crippen LogP contribution in [0.15, 0.2) is 47.3 Å². The number of ketones is 2. The molecule has 1 saturated heterocycles. The second kappa shape index (κ2) is 10.2. The summed E-state index contributed by atoms with van der Waals surface area (Å²) in [7, 11) is 0. The largest absolute Gasteiger partial charge is 0.507 e. The smallest absolute Gasteiger partial charge is 0.298 e. The van der Waals surface area contributed by atoms with Crippen LogP contribution in [0.3, 0.4) is 0 Å². The van der Waals surface area contributed by atoms with Crippen LogP contribution in [0.25, 0.3) is 0 Å². The summed E-state index contributed by atoms with van der Waals surface area (Å²) in [5, 5.41) is 23.9. The Labute approximate surface area is 275 Å². The van der Waals surface area contributed by atoms with E-state index in [-0.39, 0.29) is 41.1 Å². The molecule has 4 aliphatic carbocycles. The lowest BCUT2D eigenvalue weighted by Gasteiger charge is -2.57. The third kappa shape index (κ3) is 3.99. The van der Waals surface area contributed by atoms with E-state index < -0.39 is 46.1 Å². The van der Waals surface area contributed by atoms with Crippen molar-refractivity contribution in [2.24, 2.45) is 17.8 Å². The van der Waals surface area contributed by atoms with Gasteiger partial charge in [-0.25, -0.2) is 0 Å². The first kappa shape index (κ1) is 31.9. The topological polar surface area (TPSA) is 129 Å². The maximum Gasteiger partial charge on any atom is 0.298 e. The van der Waals surface area contributed by atoms with E-state index in [4.69, 9.17) is 18.9 Å². The lowest BCUT2D eigenvalue weighted by Crippen LogP contribution is -2.72. The summed E-state index contributed by atoms with van der Waals surface area (Å²) in [5.41, 5.74) is -1.64. The van der Waals surface area contributed by atoms with Gasteiger partial charge in [0.1, 0.15) is 40.3 Å². The molecule has 250 valence electrons. The van der Waals surface area contributed by atoms with Crippen molar-refractivity contribution in [2.45, 2.75) is 115 Å². The molecule has 9 nitrogen and oxygen atoms in total. The predicted octanol–water partition coefficient (Wildman–Crippen LogP) is 5.96. The second-order valence-electron chi connectivity index (χ2n) is 15.4. The molecule has 3 aliphatic heterocycles. The Hall–Kier alpha value is -3.69. The maximum absolute atomic E-state index is 15.0. The van der Waals surface area contributed by atoms with Crippen molar-refractivity contribution in [1.29, 1.82) is 0 Å². The van der Waals surface area contributed by atoms with Crippen LogP contribution in [0.4, 0.5) is 0 Å². The van der Waals surface area contributed by atoms with Gasteiger partial charge in [-0.3, -0.25) is 14.4 Å². The molecule has 0 radical (unpaired) electrons. The average Bonchev–Trinajstić information content (AvgIpc) is 3.14. The molecule has 9 heteroatoms. The Balaban J connectivity index is 1.52. The molecule has 2 N–H and O–H groups in total. The predicted molar refractivity (Wildman–Crippen MR) is 172 cm³/mol. The minimum absolute atomic E-state index is 0.0191. The van der Waals surface area contributed by atoms with Crippen LogP contribution in [0, 0.1) is 17.8 Å². The van der Waals surface area contributed by atoms with Crippen LogP contribution in [-0.4, -0.2) is 56.8 Å². The van der Waals surface area contributed by atoms with Crippen molar-refractivity contribution < 1.29 is 43.5 Å². The molecule has 3 heterocycles. The van der Waals surface area contributed by atoms with Crippen LogP contribution in [0.1, 0.15) is 102 Å². The number of benzene rings is 1. The van der Waals surface area contributed by atoms with Crippen molar-refractivity contribution >= 4 is 18.0 Å². The number of phenolic OH excluding ortho intramolecular Hbond substituents is 1. The van der Waals surface area contributed by atoms with Gasteiger partial charge in [0.15, 0.2) is 22.8 Å². The molecule has 8 atom stereocenters. The first-order chi connectivity index (χ1) is 22.0. The van der Waals surface area contributed by atoms with Gasteiger partial charge in [0.25, 0.3) is 6.47 Å². The Kier molecular flexibility index (Phi) is 6.89. The van der Waals surface area contributed by atoms with E-state index in [0.29, 0.717) is 60.4 Å². The monoisotopic (exact) mass is 644 g/mol. The highest BCUT2D eigenvalue weighted by Gasteiger charge is 2.81. The Morgan fingerprint density at radius 3 is 2.49 bits per heavy atom. The number of allylic oxidation sites excluding steroid dienone is 5. The fourth-order valence-corrected chi connectivity index (χ4v) is 9.67. The van der Waals surface area contributed by atoms with Crippen LogP contribution >= 0.6 is 0 Å². The number of aliphatic hydroxyl groups excluding tert-OH is 1. The standard InChI is InChI=1S/C38H44O9/c1-18(2)9-10-23-31-27(26-22(19(3)4)12-13-36(8,45-31)34(26)43)30(41)28-29(40)24-15-21-16-25-35(6,7)47-37(33(21)42,14-11-20(5)44-17-39)38(24,25)46-32(23)28/h9,11,15,17,21-22,25-26,34,41,43H,3,10,12-14,16H2,1-2,4-8H3/b20-11-/t21-,22?,25?,26-,34+,36-,37-,38-/m1/s1. The van der Waals surface area contributed by atoms with Crippen molar-refractivity contribution in [1.82, 2.24) is 0 Å². The fourth-order valence-electron chi connectivity index (χ4n) is 9.67. The molecule has 1 spiro atoms. The van der Waals surface area contributed by atoms with Crippen molar-refractivity contribution in [3.8, 4) is 17.2 Å². The normalized spacial score (nSPS) is 37.1. The van der Waals surface area contributed by atoms with Gasteiger partial charge in [-0.15, -0.1) is 0 Å². The molecule has 47 heavy (non-hydrogen) atoms. The molecule has 2 unspecified atom stereocenters. The Morgan fingerprint density at radius 1 is 1.11 bits per heavy atom. The molecule has 6 bridgehead atoms. The van der Waals surface area contributed by atoms with E-state index in [1.54, 1.807) is 19.1 Å². The highest BCUT2D eigenvalue weighted by molar-refractivity contribution is 6.18. The van der Waals surface area contributed by atoms with Crippen LogP contribution in [0.2, 0.25) is 0 Å². The number of carbonyl (C=O) groups is 3. The van der Waals surface area contributed by atoms with Crippen LogP contribution in [0.5, 0.6) is 17.2 Å². The quantitative estimate of drug-likeness (QED) is 0.210. The van der Waals surface area contributed by atoms with E-state index in [1.807, 2.05) is 47.6 Å². The summed E-state index contributed by atoms with van der Waals surface area (Å²) in [6.07, 6.45) is 6.51. The number of aromatic hydroxyl groups is 1. The van der Waals surface area contributed by atoms with Crippen molar-refractivity contribution in [3.63, 3.8) is 0 Å². The van der Waals surface area contributed by atoms with Gasteiger partial charge in [0.2, 0.25) is 0 Å². The van der Waals surface area contributed by atoms with E-state index in [0.717, 1.165) is 11.1 Å². The van der Waals surface area contributed by atoms with Crippen molar-refractivity contribution in [3.05, 3.63) is 64.0 Å². The summed E-state index contributed by atoms with van der Waals surface area (Å²) in [6.45, 7) is 17.8. The second-order valence-corrected chi connectivity index (χ2v) is 15.4. The zero-order chi connectivity index (χ0) is 34.0. The van der Waals surface area contributed by atoms with Gasteiger partial charge in [0, 0.05) is 40.9 Å². The van der Waals surface area contributed by atoms with E-state index in [2.05, 4.69) is 6.58 Å². The number of ether oxygens (including phenoxy) is 4.